The normalized spacial score (nSPS) is 15.0. The second kappa shape index (κ2) is 9.70. The molecule has 1 N–H and O–H groups in total. The van der Waals surface area contributed by atoms with Crippen LogP contribution in [0.15, 0.2) is 72.3 Å². The predicted molar refractivity (Wildman–Crippen MR) is 127 cm³/mol. The number of halogens is 1. The first-order valence-electron chi connectivity index (χ1n) is 10.8. The Kier molecular flexibility index (Phi) is 6.54. The maximum atomic E-state index is 14.1. The van der Waals surface area contributed by atoms with E-state index in [-0.39, 0.29) is 11.4 Å². The number of nitrogens with zero attached hydrogens (tertiary/aromatic N) is 1. The number of nitrogens with one attached hydrogen (secondary N) is 1. The fourth-order valence-electron chi connectivity index (χ4n) is 3.91. The molecule has 172 valence electrons. The van der Waals surface area contributed by atoms with Gasteiger partial charge in [-0.25, -0.2) is 14.1 Å². The third-order valence-electron chi connectivity index (χ3n) is 5.68. The molecule has 34 heavy (non-hydrogen) atoms. The van der Waals surface area contributed by atoms with Gasteiger partial charge in [0.25, 0.3) is 11.8 Å². The number of benzene rings is 3. The molecule has 1 fully saturated rings. The minimum Gasteiger partial charge on any atom is -0.496 e. The number of carbonyl (C=O) groups excluding carboxylic acids is 3. The van der Waals surface area contributed by atoms with Crippen molar-refractivity contribution in [2.75, 3.05) is 12.0 Å². The number of amides is 4. The van der Waals surface area contributed by atoms with E-state index in [9.17, 15) is 18.8 Å². The van der Waals surface area contributed by atoms with E-state index in [1.165, 1.54) is 19.3 Å². The molecule has 3 aromatic carbocycles. The number of aryl methyl sites for hydroxylation is 1. The van der Waals surface area contributed by atoms with Crippen LogP contribution in [0.2, 0.25) is 0 Å². The van der Waals surface area contributed by atoms with E-state index in [1.807, 2.05) is 19.1 Å². The van der Waals surface area contributed by atoms with Crippen LogP contribution in [0.1, 0.15) is 29.2 Å². The highest BCUT2D eigenvalue weighted by molar-refractivity contribution is 6.39. The highest BCUT2D eigenvalue weighted by Gasteiger charge is 2.37. The molecular weight excluding hydrogens is 435 g/mol. The molecule has 0 radical (unpaired) electrons. The van der Waals surface area contributed by atoms with E-state index in [4.69, 9.17) is 4.74 Å². The number of carbonyl (C=O) groups is 3. The Hall–Kier alpha value is -4.26. The van der Waals surface area contributed by atoms with Crippen molar-refractivity contribution in [1.82, 2.24) is 5.32 Å². The van der Waals surface area contributed by atoms with Crippen LogP contribution in [0.25, 0.3) is 6.08 Å². The second-order valence-electron chi connectivity index (χ2n) is 7.78. The number of rotatable bonds is 6. The first-order chi connectivity index (χ1) is 16.4. The molecule has 7 heteroatoms. The van der Waals surface area contributed by atoms with Crippen molar-refractivity contribution in [2.24, 2.45) is 0 Å². The average Bonchev–Trinajstić information content (AvgIpc) is 2.84. The number of ether oxygens (including phenoxy) is 1. The molecule has 1 heterocycles. The Morgan fingerprint density at radius 3 is 2.35 bits per heavy atom. The standard InChI is InChI=1S/C27H23FN2O4/c1-3-18-8-5-7-11-23(18)30-26(32)21(25(31)29-27(30)33)14-17-12-13-20(24(15-17)34-2)16-19-9-4-6-10-22(19)28/h4-15H,3,16H2,1-2H3,(H,29,31,33)/b21-14-. The van der Waals surface area contributed by atoms with Crippen molar-refractivity contribution < 1.29 is 23.5 Å². The van der Waals surface area contributed by atoms with Gasteiger partial charge in [0.05, 0.1) is 12.8 Å². The number of barbiturate groups is 1. The summed E-state index contributed by atoms with van der Waals surface area (Å²) in [6.45, 7) is 1.92. The van der Waals surface area contributed by atoms with Crippen LogP contribution >= 0.6 is 0 Å². The first kappa shape index (κ1) is 22.9. The quantitative estimate of drug-likeness (QED) is 0.431. The van der Waals surface area contributed by atoms with Gasteiger partial charge in [0.1, 0.15) is 17.1 Å². The Morgan fingerprint density at radius 2 is 1.65 bits per heavy atom. The molecule has 0 unspecified atom stereocenters. The van der Waals surface area contributed by atoms with Gasteiger partial charge in [0.2, 0.25) is 0 Å². The summed E-state index contributed by atoms with van der Waals surface area (Å²) in [5.41, 5.74) is 2.88. The van der Waals surface area contributed by atoms with Gasteiger partial charge in [-0.2, -0.15) is 0 Å². The number of hydrogen-bond donors (Lipinski definition) is 1. The molecule has 0 saturated carbocycles. The van der Waals surface area contributed by atoms with Crippen LogP contribution in [0, 0.1) is 5.82 Å². The molecule has 0 aromatic heterocycles. The lowest BCUT2D eigenvalue weighted by molar-refractivity contribution is -0.122. The van der Waals surface area contributed by atoms with Crippen molar-refractivity contribution >= 4 is 29.6 Å². The van der Waals surface area contributed by atoms with Gasteiger partial charge in [-0.05, 0) is 52.9 Å². The molecule has 0 bridgehead atoms. The highest BCUT2D eigenvalue weighted by atomic mass is 19.1. The molecule has 3 aromatic rings. The minimum atomic E-state index is -0.786. The summed E-state index contributed by atoms with van der Waals surface area (Å²) in [6.07, 6.45) is 2.35. The Morgan fingerprint density at radius 1 is 0.941 bits per heavy atom. The monoisotopic (exact) mass is 458 g/mol. The van der Waals surface area contributed by atoms with Crippen molar-refractivity contribution in [3.05, 3.63) is 100 Å². The van der Waals surface area contributed by atoms with Crippen molar-refractivity contribution in [3.8, 4) is 5.75 Å². The molecule has 1 saturated heterocycles. The van der Waals surface area contributed by atoms with Crippen LogP contribution in [0.4, 0.5) is 14.9 Å². The maximum absolute atomic E-state index is 14.1. The molecule has 4 rings (SSSR count). The Balaban J connectivity index is 1.68. The number of anilines is 1. The van der Waals surface area contributed by atoms with Gasteiger partial charge < -0.3 is 4.74 Å². The molecule has 0 spiro atoms. The topological polar surface area (TPSA) is 75.7 Å². The summed E-state index contributed by atoms with van der Waals surface area (Å²) in [5.74, 6) is -1.29. The largest absolute Gasteiger partial charge is 0.496 e. The van der Waals surface area contributed by atoms with E-state index < -0.39 is 17.8 Å². The van der Waals surface area contributed by atoms with E-state index >= 15 is 0 Å². The van der Waals surface area contributed by atoms with Gasteiger partial charge in [-0.3, -0.25) is 14.9 Å². The van der Waals surface area contributed by atoms with Crippen molar-refractivity contribution in [3.63, 3.8) is 0 Å². The highest BCUT2D eigenvalue weighted by Crippen LogP contribution is 2.28. The van der Waals surface area contributed by atoms with E-state index in [2.05, 4.69) is 5.32 Å². The molecule has 6 nitrogen and oxygen atoms in total. The van der Waals surface area contributed by atoms with Crippen molar-refractivity contribution in [2.45, 2.75) is 19.8 Å². The third-order valence-corrected chi connectivity index (χ3v) is 5.68. The van der Waals surface area contributed by atoms with Gasteiger partial charge >= 0.3 is 6.03 Å². The van der Waals surface area contributed by atoms with Crippen LogP contribution in [-0.4, -0.2) is 25.0 Å². The van der Waals surface area contributed by atoms with Crippen LogP contribution in [-0.2, 0) is 22.4 Å². The number of methoxy groups -OCH3 is 1. The number of imide groups is 2. The van der Waals surface area contributed by atoms with E-state index in [0.717, 1.165) is 16.0 Å². The third kappa shape index (κ3) is 4.45. The lowest BCUT2D eigenvalue weighted by atomic mass is 10.00. The average molecular weight is 458 g/mol. The fourth-order valence-corrected chi connectivity index (χ4v) is 3.91. The molecule has 1 aliphatic rings. The number of hydrogen-bond acceptors (Lipinski definition) is 4. The second-order valence-corrected chi connectivity index (χ2v) is 7.78. The summed E-state index contributed by atoms with van der Waals surface area (Å²) < 4.78 is 19.6. The zero-order valence-corrected chi connectivity index (χ0v) is 18.8. The maximum Gasteiger partial charge on any atom is 0.335 e. The summed E-state index contributed by atoms with van der Waals surface area (Å²) in [6, 6.07) is 17.9. The van der Waals surface area contributed by atoms with Crippen LogP contribution in [0.3, 0.4) is 0 Å². The smallest absolute Gasteiger partial charge is 0.335 e. The molecule has 0 atom stereocenters. The van der Waals surface area contributed by atoms with Gasteiger partial charge in [-0.1, -0.05) is 55.5 Å². The zero-order chi connectivity index (χ0) is 24.2. The summed E-state index contributed by atoms with van der Waals surface area (Å²) >= 11 is 0. The van der Waals surface area contributed by atoms with Gasteiger partial charge in [-0.15, -0.1) is 0 Å². The predicted octanol–water partition coefficient (Wildman–Crippen LogP) is 4.65. The Bertz CT molecular complexity index is 1320. The van der Waals surface area contributed by atoms with Crippen LogP contribution in [0.5, 0.6) is 5.75 Å². The first-order valence-corrected chi connectivity index (χ1v) is 10.8. The summed E-state index contributed by atoms with van der Waals surface area (Å²) in [5, 5.41) is 2.24. The molecule has 0 aliphatic carbocycles. The van der Waals surface area contributed by atoms with Crippen LogP contribution < -0.4 is 15.0 Å². The molecule has 4 amide bonds. The Labute approximate surface area is 196 Å². The SMILES string of the molecule is CCc1ccccc1N1C(=O)NC(=O)/C(=C/c2ccc(Cc3ccccc3F)c(OC)c2)C1=O. The number of para-hydroxylation sites is 1. The van der Waals surface area contributed by atoms with E-state index in [0.29, 0.717) is 35.4 Å². The molecular formula is C27H23FN2O4. The summed E-state index contributed by atoms with van der Waals surface area (Å²) in [4.78, 5) is 39.3. The lowest BCUT2D eigenvalue weighted by Crippen LogP contribution is -2.54. The number of urea groups is 1. The minimum absolute atomic E-state index is 0.172. The van der Waals surface area contributed by atoms with E-state index in [1.54, 1.807) is 48.5 Å². The van der Waals surface area contributed by atoms with Gasteiger partial charge in [0.15, 0.2) is 0 Å². The lowest BCUT2D eigenvalue weighted by Gasteiger charge is -2.28. The van der Waals surface area contributed by atoms with Gasteiger partial charge in [0, 0.05) is 6.42 Å². The fraction of sp³-hybridized carbons (Fsp3) is 0.148. The van der Waals surface area contributed by atoms with Crippen molar-refractivity contribution in [1.29, 1.82) is 0 Å². The summed E-state index contributed by atoms with van der Waals surface area (Å²) in [7, 11) is 1.50. The molecule has 1 aliphatic heterocycles. The zero-order valence-electron chi connectivity index (χ0n) is 18.8.